The highest BCUT2D eigenvalue weighted by atomic mass is 127. The maximum atomic E-state index is 11.3. The fraction of sp³-hybridized carbons (Fsp3) is 0.429. The van der Waals surface area contributed by atoms with Gasteiger partial charge in [0.05, 0.1) is 16.8 Å². The number of imide groups is 1. The summed E-state index contributed by atoms with van der Waals surface area (Å²) in [4.78, 5) is 27.8. The molecule has 0 aromatic heterocycles. The number of carbonyl (C=O) groups is 2. The zero-order valence-electron chi connectivity index (χ0n) is 11.2. The summed E-state index contributed by atoms with van der Waals surface area (Å²) in [5.74, 6) is 0.317. The maximum absolute atomic E-state index is 11.3. The smallest absolute Gasteiger partial charge is 0.253 e. The molecule has 0 N–H and O–H groups in total. The minimum atomic E-state index is -0.260. The van der Waals surface area contributed by atoms with E-state index in [0.717, 1.165) is 14.4 Å². The third kappa shape index (κ3) is 3.92. The van der Waals surface area contributed by atoms with E-state index in [1.807, 2.05) is 25.1 Å². The summed E-state index contributed by atoms with van der Waals surface area (Å²) in [6.45, 7) is 2.80. The van der Waals surface area contributed by atoms with Gasteiger partial charge in [-0.3, -0.25) is 14.4 Å². The highest BCUT2D eigenvalue weighted by Crippen LogP contribution is 2.21. The Kier molecular flexibility index (Phi) is 5.36. The van der Waals surface area contributed by atoms with E-state index >= 15 is 0 Å². The van der Waals surface area contributed by atoms with Crippen LogP contribution in [0.15, 0.2) is 18.2 Å². The quantitative estimate of drug-likeness (QED) is 0.426. The van der Waals surface area contributed by atoms with Crippen LogP contribution in [-0.4, -0.2) is 30.1 Å². The van der Waals surface area contributed by atoms with Crippen LogP contribution in [-0.2, 0) is 14.4 Å². The molecule has 0 bridgehead atoms. The van der Waals surface area contributed by atoms with E-state index in [9.17, 15) is 9.59 Å². The SMILES string of the molecule is Cc1ccc(OCCCON2C(=O)CCC2=O)c(I)c1. The van der Waals surface area contributed by atoms with Gasteiger partial charge in [0, 0.05) is 19.3 Å². The third-order valence-corrected chi connectivity index (χ3v) is 3.70. The molecule has 0 saturated carbocycles. The van der Waals surface area contributed by atoms with Crippen molar-refractivity contribution in [1.82, 2.24) is 5.06 Å². The van der Waals surface area contributed by atoms with E-state index in [1.165, 1.54) is 5.56 Å². The lowest BCUT2D eigenvalue weighted by molar-refractivity contribution is -0.188. The Morgan fingerprint density at radius 1 is 1.20 bits per heavy atom. The van der Waals surface area contributed by atoms with E-state index in [1.54, 1.807) is 0 Å². The Bertz CT molecular complexity index is 502. The number of hydrogen-bond acceptors (Lipinski definition) is 4. The van der Waals surface area contributed by atoms with Crippen LogP contribution in [0.5, 0.6) is 5.75 Å². The molecule has 108 valence electrons. The summed E-state index contributed by atoms with van der Waals surface area (Å²) < 4.78 is 6.70. The van der Waals surface area contributed by atoms with Gasteiger partial charge in [0.1, 0.15) is 5.75 Å². The van der Waals surface area contributed by atoms with Crippen molar-refractivity contribution in [1.29, 1.82) is 0 Å². The second kappa shape index (κ2) is 7.03. The summed E-state index contributed by atoms with van der Waals surface area (Å²) in [6, 6.07) is 5.98. The molecule has 5 nitrogen and oxygen atoms in total. The number of amides is 2. The van der Waals surface area contributed by atoms with Gasteiger partial charge < -0.3 is 4.74 Å². The van der Waals surface area contributed by atoms with Gasteiger partial charge in [0.15, 0.2) is 0 Å². The fourth-order valence-electron chi connectivity index (χ4n) is 1.82. The summed E-state index contributed by atoms with van der Waals surface area (Å²) in [6.07, 6.45) is 1.11. The molecule has 1 aliphatic rings. The third-order valence-electron chi connectivity index (χ3n) is 2.86. The topological polar surface area (TPSA) is 55.8 Å². The number of hydrogen-bond donors (Lipinski definition) is 0. The van der Waals surface area contributed by atoms with Gasteiger partial charge in [-0.05, 0) is 47.2 Å². The number of aryl methyl sites for hydroxylation is 1. The number of carbonyl (C=O) groups excluding carboxylic acids is 2. The van der Waals surface area contributed by atoms with E-state index in [2.05, 4.69) is 22.6 Å². The van der Waals surface area contributed by atoms with E-state index in [-0.39, 0.29) is 24.7 Å². The molecule has 20 heavy (non-hydrogen) atoms. The molecule has 1 aromatic rings. The van der Waals surface area contributed by atoms with Crippen LogP contribution in [0, 0.1) is 10.5 Å². The second-order valence-corrected chi connectivity index (χ2v) is 5.71. The first-order chi connectivity index (χ1) is 9.58. The normalized spacial score (nSPS) is 15.0. The molecular formula is C14H16INO4. The number of halogens is 1. The molecule has 0 spiro atoms. The lowest BCUT2D eigenvalue weighted by Crippen LogP contribution is -2.30. The molecule has 2 rings (SSSR count). The molecule has 6 heteroatoms. The monoisotopic (exact) mass is 389 g/mol. The van der Waals surface area contributed by atoms with Crippen LogP contribution < -0.4 is 4.74 Å². The Labute approximate surface area is 131 Å². The summed E-state index contributed by atoms with van der Waals surface area (Å²) in [7, 11) is 0. The van der Waals surface area contributed by atoms with Crippen molar-refractivity contribution in [3.63, 3.8) is 0 Å². The van der Waals surface area contributed by atoms with Crippen molar-refractivity contribution in [2.24, 2.45) is 0 Å². The van der Waals surface area contributed by atoms with E-state index < -0.39 is 0 Å². The molecule has 1 aromatic carbocycles. The first kappa shape index (κ1) is 15.2. The number of benzene rings is 1. The predicted molar refractivity (Wildman–Crippen MR) is 81.0 cm³/mol. The van der Waals surface area contributed by atoms with E-state index in [4.69, 9.17) is 9.57 Å². The molecular weight excluding hydrogens is 373 g/mol. The Balaban J connectivity index is 1.69. The van der Waals surface area contributed by atoms with Crippen molar-refractivity contribution in [2.45, 2.75) is 26.2 Å². The van der Waals surface area contributed by atoms with Crippen LogP contribution in [0.4, 0.5) is 0 Å². The second-order valence-electron chi connectivity index (χ2n) is 4.55. The van der Waals surface area contributed by atoms with Crippen LogP contribution in [0.1, 0.15) is 24.8 Å². The number of ether oxygens (including phenoxy) is 1. The summed E-state index contributed by atoms with van der Waals surface area (Å²) in [5, 5.41) is 0.871. The summed E-state index contributed by atoms with van der Waals surface area (Å²) in [5.41, 5.74) is 1.19. The van der Waals surface area contributed by atoms with Gasteiger partial charge in [-0.15, -0.1) is 0 Å². The predicted octanol–water partition coefficient (Wildman–Crippen LogP) is 2.45. The number of hydroxylamine groups is 2. The molecule has 2 amide bonds. The lowest BCUT2D eigenvalue weighted by atomic mass is 10.2. The lowest BCUT2D eigenvalue weighted by Gasteiger charge is -2.13. The summed E-state index contributed by atoms with van der Waals surface area (Å²) >= 11 is 2.23. The highest BCUT2D eigenvalue weighted by molar-refractivity contribution is 14.1. The van der Waals surface area contributed by atoms with Crippen LogP contribution in [0.2, 0.25) is 0 Å². The molecule has 1 heterocycles. The van der Waals surface area contributed by atoms with Crippen molar-refractivity contribution in [3.05, 3.63) is 27.3 Å². The first-order valence-corrected chi connectivity index (χ1v) is 7.53. The zero-order valence-corrected chi connectivity index (χ0v) is 13.4. The Morgan fingerprint density at radius 3 is 2.55 bits per heavy atom. The largest absolute Gasteiger partial charge is 0.492 e. The van der Waals surface area contributed by atoms with Gasteiger partial charge in [0.2, 0.25) is 0 Å². The maximum Gasteiger partial charge on any atom is 0.253 e. The molecule has 0 radical (unpaired) electrons. The Hall–Kier alpha value is -1.15. The average molecular weight is 389 g/mol. The Morgan fingerprint density at radius 2 is 1.90 bits per heavy atom. The van der Waals surface area contributed by atoms with Gasteiger partial charge in [-0.1, -0.05) is 6.07 Å². The first-order valence-electron chi connectivity index (χ1n) is 6.45. The zero-order chi connectivity index (χ0) is 14.5. The van der Waals surface area contributed by atoms with Gasteiger partial charge in [0.25, 0.3) is 11.8 Å². The number of rotatable bonds is 6. The van der Waals surface area contributed by atoms with Gasteiger partial charge in [-0.25, -0.2) is 0 Å². The van der Waals surface area contributed by atoms with Gasteiger partial charge >= 0.3 is 0 Å². The molecule has 0 atom stereocenters. The molecule has 1 fully saturated rings. The standard InChI is InChI=1S/C14H16INO4/c1-10-3-4-12(11(15)9-10)19-7-2-8-20-16-13(17)5-6-14(16)18/h3-4,9H,2,5-8H2,1H3. The highest BCUT2D eigenvalue weighted by Gasteiger charge is 2.29. The molecule has 0 unspecified atom stereocenters. The van der Waals surface area contributed by atoms with Crippen molar-refractivity contribution in [2.75, 3.05) is 13.2 Å². The van der Waals surface area contributed by atoms with Crippen LogP contribution in [0.25, 0.3) is 0 Å². The minimum absolute atomic E-state index is 0.247. The van der Waals surface area contributed by atoms with Crippen LogP contribution >= 0.6 is 22.6 Å². The number of nitrogens with zero attached hydrogens (tertiary/aromatic N) is 1. The van der Waals surface area contributed by atoms with Crippen molar-refractivity contribution in [3.8, 4) is 5.75 Å². The molecule has 1 saturated heterocycles. The minimum Gasteiger partial charge on any atom is -0.492 e. The fourth-order valence-corrected chi connectivity index (χ4v) is 2.65. The van der Waals surface area contributed by atoms with Crippen LogP contribution in [0.3, 0.4) is 0 Å². The average Bonchev–Trinajstić information content (AvgIpc) is 2.72. The molecule has 1 aliphatic heterocycles. The van der Waals surface area contributed by atoms with E-state index in [0.29, 0.717) is 19.6 Å². The molecule has 0 aliphatic carbocycles. The van der Waals surface area contributed by atoms with Crippen molar-refractivity contribution < 1.29 is 19.2 Å². The van der Waals surface area contributed by atoms with Crippen molar-refractivity contribution >= 4 is 34.4 Å². The van der Waals surface area contributed by atoms with Gasteiger partial charge in [-0.2, -0.15) is 5.06 Å².